The molecule has 3 aromatic rings. The van der Waals surface area contributed by atoms with Crippen LogP contribution in [0.1, 0.15) is 11.1 Å². The van der Waals surface area contributed by atoms with E-state index in [2.05, 4.69) is 0 Å². The zero-order valence-electron chi connectivity index (χ0n) is 14.3. The first-order valence-electron chi connectivity index (χ1n) is 8.45. The van der Waals surface area contributed by atoms with E-state index < -0.39 is 17.1 Å². The van der Waals surface area contributed by atoms with Gasteiger partial charge >= 0.3 is 17.1 Å². The quantitative estimate of drug-likeness (QED) is 0.469. The third-order valence-electron chi connectivity index (χ3n) is 4.40. The Morgan fingerprint density at radius 1 is 0.462 bits per heavy atom. The van der Waals surface area contributed by atoms with Crippen LogP contribution in [0, 0.1) is 0 Å². The van der Waals surface area contributed by atoms with E-state index in [1.54, 1.807) is 24.3 Å². The van der Waals surface area contributed by atoms with Crippen molar-refractivity contribution >= 4 is 27.5 Å². The fourth-order valence-corrected chi connectivity index (χ4v) is 6.39. The lowest BCUT2D eigenvalue weighted by Gasteiger charge is -2.21. The molecule has 26 heavy (non-hydrogen) atoms. The lowest BCUT2D eigenvalue weighted by atomic mass is 10.2. The van der Waals surface area contributed by atoms with Gasteiger partial charge in [-0.25, -0.2) is 0 Å². The molecule has 0 aliphatic heterocycles. The van der Waals surface area contributed by atoms with Crippen molar-refractivity contribution in [2.75, 3.05) is 0 Å². The molecule has 0 saturated heterocycles. The molecule has 4 nitrogen and oxygen atoms in total. The Morgan fingerprint density at radius 3 is 1.08 bits per heavy atom. The van der Waals surface area contributed by atoms with Gasteiger partial charge in [0.2, 0.25) is 0 Å². The predicted molar refractivity (Wildman–Crippen MR) is 106 cm³/mol. The highest BCUT2D eigenvalue weighted by atomic mass is 28.4. The number of hydrogen-bond donors (Lipinski definition) is 4. The molecular formula is C20H22O4Si2. The molecule has 0 spiro atoms. The average molecular weight is 383 g/mol. The summed E-state index contributed by atoms with van der Waals surface area (Å²) in [5.74, 6) is 0. The largest absolute Gasteiger partial charge is 0.407 e. The monoisotopic (exact) mass is 382 g/mol. The van der Waals surface area contributed by atoms with Crippen LogP contribution < -0.4 is 10.4 Å². The van der Waals surface area contributed by atoms with E-state index in [0.29, 0.717) is 10.4 Å². The molecule has 0 amide bonds. The van der Waals surface area contributed by atoms with Crippen LogP contribution in [-0.4, -0.2) is 36.3 Å². The SMILES string of the molecule is O[Si](O)(Cc1ccccc1)c1ccc([Si](O)(O)Cc2ccccc2)cc1. The molecule has 134 valence electrons. The molecule has 0 aromatic heterocycles. The summed E-state index contributed by atoms with van der Waals surface area (Å²) in [5, 5.41) is 0.907. The lowest BCUT2D eigenvalue weighted by Crippen LogP contribution is -2.54. The molecular weight excluding hydrogens is 360 g/mol. The van der Waals surface area contributed by atoms with Crippen LogP contribution in [0.15, 0.2) is 84.9 Å². The Balaban J connectivity index is 1.77. The summed E-state index contributed by atoms with van der Waals surface area (Å²) in [5.41, 5.74) is 1.73. The van der Waals surface area contributed by atoms with Crippen LogP contribution in [0.25, 0.3) is 0 Å². The van der Waals surface area contributed by atoms with Gasteiger partial charge in [-0.2, -0.15) is 0 Å². The summed E-state index contributed by atoms with van der Waals surface area (Å²) in [6.45, 7) is 0. The number of hydrogen-bond acceptors (Lipinski definition) is 4. The predicted octanol–water partition coefficient (Wildman–Crippen LogP) is 0.518. The second-order valence-electron chi connectivity index (χ2n) is 6.54. The van der Waals surface area contributed by atoms with Crippen molar-refractivity contribution in [3.8, 4) is 0 Å². The van der Waals surface area contributed by atoms with E-state index in [-0.39, 0.29) is 12.1 Å². The smallest absolute Gasteiger partial charge is 0.371 e. The van der Waals surface area contributed by atoms with Crippen molar-refractivity contribution in [1.82, 2.24) is 0 Å². The molecule has 6 heteroatoms. The second-order valence-corrected chi connectivity index (χ2v) is 11.7. The van der Waals surface area contributed by atoms with Crippen LogP contribution in [0.4, 0.5) is 0 Å². The maximum Gasteiger partial charge on any atom is 0.371 e. The molecule has 0 heterocycles. The zero-order chi connectivity index (χ0) is 18.6. The highest BCUT2D eigenvalue weighted by molar-refractivity contribution is 6.80. The van der Waals surface area contributed by atoms with Gasteiger partial charge in [0.15, 0.2) is 0 Å². The first kappa shape index (κ1) is 18.7. The van der Waals surface area contributed by atoms with Gasteiger partial charge in [-0.3, -0.25) is 0 Å². The molecule has 3 rings (SSSR count). The van der Waals surface area contributed by atoms with Crippen molar-refractivity contribution < 1.29 is 19.2 Å². The van der Waals surface area contributed by atoms with Gasteiger partial charge in [0.1, 0.15) is 0 Å². The van der Waals surface area contributed by atoms with Gasteiger partial charge in [-0.05, 0) is 21.5 Å². The number of benzene rings is 3. The summed E-state index contributed by atoms with van der Waals surface area (Å²) < 4.78 is 0. The van der Waals surface area contributed by atoms with Gasteiger partial charge < -0.3 is 19.2 Å². The normalized spacial score (nSPS) is 12.2. The van der Waals surface area contributed by atoms with Gasteiger partial charge in [0.05, 0.1) is 0 Å². The maximum absolute atomic E-state index is 10.5. The molecule has 0 aliphatic carbocycles. The molecule has 0 radical (unpaired) electrons. The summed E-state index contributed by atoms with van der Waals surface area (Å²) in [7, 11) is -7.25. The van der Waals surface area contributed by atoms with Crippen molar-refractivity contribution in [2.45, 2.75) is 12.1 Å². The van der Waals surface area contributed by atoms with E-state index in [9.17, 15) is 19.2 Å². The van der Waals surface area contributed by atoms with Crippen molar-refractivity contribution in [3.63, 3.8) is 0 Å². The second kappa shape index (κ2) is 7.67. The van der Waals surface area contributed by atoms with E-state index >= 15 is 0 Å². The third-order valence-corrected chi connectivity index (χ3v) is 8.71. The van der Waals surface area contributed by atoms with Crippen LogP contribution in [0.5, 0.6) is 0 Å². The Hall–Kier alpha value is -2.07. The molecule has 0 aliphatic rings. The molecule has 0 saturated carbocycles. The molecule has 0 unspecified atom stereocenters. The molecule has 0 fully saturated rings. The van der Waals surface area contributed by atoms with Crippen LogP contribution in [-0.2, 0) is 12.1 Å². The van der Waals surface area contributed by atoms with Crippen LogP contribution in [0.3, 0.4) is 0 Å². The maximum atomic E-state index is 10.5. The zero-order valence-corrected chi connectivity index (χ0v) is 16.3. The molecule has 3 aromatic carbocycles. The molecule has 0 bridgehead atoms. The van der Waals surface area contributed by atoms with Crippen molar-refractivity contribution in [3.05, 3.63) is 96.1 Å². The van der Waals surface area contributed by atoms with Crippen molar-refractivity contribution in [1.29, 1.82) is 0 Å². The first-order valence-corrected chi connectivity index (χ1v) is 12.7. The molecule has 0 atom stereocenters. The molecule has 4 N–H and O–H groups in total. The van der Waals surface area contributed by atoms with Gasteiger partial charge in [-0.1, -0.05) is 84.9 Å². The summed E-state index contributed by atoms with van der Waals surface area (Å²) in [6, 6.07) is 25.5. The standard InChI is InChI=1S/C20H22O4Si2/c21-25(22,15-17-7-3-1-4-8-17)19-11-13-20(14-12-19)26(23,24)16-18-9-5-2-6-10-18/h1-14,21-24H,15-16H2. The highest BCUT2D eigenvalue weighted by Gasteiger charge is 2.35. The van der Waals surface area contributed by atoms with Gasteiger partial charge in [0.25, 0.3) is 0 Å². The minimum absolute atomic E-state index is 0.192. The number of rotatable bonds is 6. The summed E-state index contributed by atoms with van der Waals surface area (Å²) in [6.07, 6.45) is 0. The van der Waals surface area contributed by atoms with Crippen molar-refractivity contribution in [2.24, 2.45) is 0 Å². The minimum Gasteiger partial charge on any atom is -0.407 e. The highest BCUT2D eigenvalue weighted by Crippen LogP contribution is 2.10. The first-order chi connectivity index (χ1) is 12.4. The topological polar surface area (TPSA) is 80.9 Å². The van der Waals surface area contributed by atoms with E-state index in [4.69, 9.17) is 0 Å². The summed E-state index contributed by atoms with van der Waals surface area (Å²) >= 11 is 0. The van der Waals surface area contributed by atoms with Crippen LogP contribution >= 0.6 is 0 Å². The Bertz CT molecular complexity index is 762. The van der Waals surface area contributed by atoms with Gasteiger partial charge in [0, 0.05) is 12.1 Å². The van der Waals surface area contributed by atoms with E-state index in [0.717, 1.165) is 11.1 Å². The summed E-state index contributed by atoms with van der Waals surface area (Å²) in [4.78, 5) is 42.2. The van der Waals surface area contributed by atoms with Gasteiger partial charge in [-0.15, -0.1) is 0 Å². The average Bonchev–Trinajstić information content (AvgIpc) is 2.63. The van der Waals surface area contributed by atoms with Crippen LogP contribution in [0.2, 0.25) is 0 Å². The third kappa shape index (κ3) is 4.56. The fourth-order valence-electron chi connectivity index (χ4n) is 2.97. The Morgan fingerprint density at radius 2 is 0.769 bits per heavy atom. The van der Waals surface area contributed by atoms with E-state index in [1.165, 1.54) is 0 Å². The lowest BCUT2D eigenvalue weighted by molar-refractivity contribution is 0.377. The Labute approximate surface area is 155 Å². The van der Waals surface area contributed by atoms with E-state index in [1.807, 2.05) is 60.7 Å². The Kier molecular flexibility index (Phi) is 5.52. The fraction of sp³-hybridized carbons (Fsp3) is 0.100. The minimum atomic E-state index is -3.62.